The molecule has 3 rings (SSSR count). The van der Waals surface area contributed by atoms with Crippen molar-refractivity contribution in [3.8, 4) is 11.5 Å². The van der Waals surface area contributed by atoms with Crippen LogP contribution in [-0.4, -0.2) is 38.2 Å². The molecule has 0 aliphatic rings. The van der Waals surface area contributed by atoms with Crippen molar-refractivity contribution in [1.82, 2.24) is 20.2 Å². The van der Waals surface area contributed by atoms with Gasteiger partial charge in [-0.2, -0.15) is 0 Å². The van der Waals surface area contributed by atoms with E-state index in [4.69, 9.17) is 9.47 Å². The fourth-order valence-electron chi connectivity index (χ4n) is 2.15. The van der Waals surface area contributed by atoms with Crippen molar-refractivity contribution in [3.63, 3.8) is 0 Å². The first-order valence-electron chi connectivity index (χ1n) is 8.14. The van der Waals surface area contributed by atoms with Crippen molar-refractivity contribution in [2.24, 2.45) is 0 Å². The van der Waals surface area contributed by atoms with E-state index < -0.39 is 18.0 Å². The molecule has 0 spiro atoms. The molecule has 0 unspecified atom stereocenters. The lowest BCUT2D eigenvalue weighted by Gasteiger charge is -2.13. The minimum absolute atomic E-state index is 0.170. The Morgan fingerprint density at radius 1 is 1.07 bits per heavy atom. The van der Waals surface area contributed by atoms with Crippen LogP contribution in [0.5, 0.6) is 11.5 Å². The summed E-state index contributed by atoms with van der Waals surface area (Å²) in [5.74, 6) is 0.297. The summed E-state index contributed by atoms with van der Waals surface area (Å²) >= 11 is 0. The lowest BCUT2D eigenvalue weighted by molar-refractivity contribution is -0.153. The van der Waals surface area contributed by atoms with Gasteiger partial charge in [0.25, 0.3) is 5.91 Å². The lowest BCUT2D eigenvalue weighted by atomic mass is 10.2. The lowest BCUT2D eigenvalue weighted by Crippen LogP contribution is -2.31. The third-order valence-corrected chi connectivity index (χ3v) is 3.46. The predicted octanol–water partition coefficient (Wildman–Crippen LogP) is 2.04. The Balaban J connectivity index is 1.50. The SMILES string of the molecule is C[C@@H](OC(=O)Cn1cnnn1)C(=O)Nc1ccc(Oc2ccccc2)cc1. The van der Waals surface area contributed by atoms with E-state index in [0.717, 1.165) is 5.75 Å². The molecule has 27 heavy (non-hydrogen) atoms. The zero-order valence-electron chi connectivity index (χ0n) is 14.5. The van der Waals surface area contributed by atoms with Gasteiger partial charge in [0, 0.05) is 5.69 Å². The van der Waals surface area contributed by atoms with Crippen LogP contribution in [0.25, 0.3) is 0 Å². The molecule has 0 saturated heterocycles. The predicted molar refractivity (Wildman–Crippen MR) is 95.0 cm³/mol. The third kappa shape index (κ3) is 5.36. The summed E-state index contributed by atoms with van der Waals surface area (Å²) in [5.41, 5.74) is 0.559. The van der Waals surface area contributed by atoms with Crippen molar-refractivity contribution >= 4 is 17.6 Å². The third-order valence-electron chi connectivity index (χ3n) is 3.46. The van der Waals surface area contributed by atoms with Crippen molar-refractivity contribution in [2.75, 3.05) is 5.32 Å². The number of nitrogens with zero attached hydrogens (tertiary/aromatic N) is 4. The van der Waals surface area contributed by atoms with E-state index in [1.807, 2.05) is 30.3 Å². The highest BCUT2D eigenvalue weighted by atomic mass is 16.5. The van der Waals surface area contributed by atoms with Gasteiger partial charge in [-0.3, -0.25) is 9.59 Å². The summed E-state index contributed by atoms with van der Waals surface area (Å²) in [6, 6.07) is 16.2. The Morgan fingerprint density at radius 2 is 1.78 bits per heavy atom. The second kappa shape index (κ2) is 8.56. The van der Waals surface area contributed by atoms with Crippen LogP contribution >= 0.6 is 0 Å². The summed E-state index contributed by atoms with van der Waals surface area (Å²) in [5, 5.41) is 13.1. The molecule has 1 N–H and O–H groups in total. The first-order valence-corrected chi connectivity index (χ1v) is 8.14. The highest BCUT2D eigenvalue weighted by Gasteiger charge is 2.18. The molecule has 9 nitrogen and oxygen atoms in total. The van der Waals surface area contributed by atoms with Crippen LogP contribution in [-0.2, 0) is 20.9 Å². The molecule has 0 saturated carbocycles. The van der Waals surface area contributed by atoms with Crippen LogP contribution in [0.1, 0.15) is 6.92 Å². The van der Waals surface area contributed by atoms with Gasteiger partial charge in [-0.1, -0.05) is 18.2 Å². The molecule has 138 valence electrons. The molecule has 1 amide bonds. The molecule has 2 aromatic carbocycles. The van der Waals surface area contributed by atoms with Crippen molar-refractivity contribution < 1.29 is 19.1 Å². The van der Waals surface area contributed by atoms with Gasteiger partial charge in [0.1, 0.15) is 24.4 Å². The van der Waals surface area contributed by atoms with E-state index in [9.17, 15) is 9.59 Å². The van der Waals surface area contributed by atoms with Gasteiger partial charge in [-0.25, -0.2) is 4.68 Å². The number of rotatable bonds is 7. The quantitative estimate of drug-likeness (QED) is 0.637. The number of esters is 1. The van der Waals surface area contributed by atoms with Crippen LogP contribution in [0, 0.1) is 0 Å². The van der Waals surface area contributed by atoms with E-state index >= 15 is 0 Å². The van der Waals surface area contributed by atoms with Gasteiger partial charge < -0.3 is 14.8 Å². The van der Waals surface area contributed by atoms with Gasteiger partial charge in [0.2, 0.25) is 0 Å². The van der Waals surface area contributed by atoms with Crippen LogP contribution in [0.4, 0.5) is 5.69 Å². The van der Waals surface area contributed by atoms with E-state index in [2.05, 4.69) is 20.8 Å². The molecule has 0 bridgehead atoms. The number of hydrogen-bond acceptors (Lipinski definition) is 7. The van der Waals surface area contributed by atoms with Gasteiger partial charge >= 0.3 is 5.97 Å². The van der Waals surface area contributed by atoms with Crippen molar-refractivity contribution in [3.05, 3.63) is 60.9 Å². The summed E-state index contributed by atoms with van der Waals surface area (Å²) in [6.45, 7) is 1.32. The number of aromatic nitrogens is 4. The fourth-order valence-corrected chi connectivity index (χ4v) is 2.15. The van der Waals surface area contributed by atoms with E-state index in [1.54, 1.807) is 24.3 Å². The smallest absolute Gasteiger partial charge is 0.328 e. The van der Waals surface area contributed by atoms with Gasteiger partial charge in [0.15, 0.2) is 6.10 Å². The fraction of sp³-hybridized carbons (Fsp3) is 0.167. The van der Waals surface area contributed by atoms with E-state index in [0.29, 0.717) is 11.4 Å². The number of nitrogens with one attached hydrogen (secondary N) is 1. The molecule has 1 atom stereocenters. The summed E-state index contributed by atoms with van der Waals surface area (Å²) in [4.78, 5) is 23.9. The molecule has 1 heterocycles. The average molecular weight is 367 g/mol. The number of amides is 1. The molecular weight excluding hydrogens is 350 g/mol. The molecule has 0 aliphatic heterocycles. The highest BCUT2D eigenvalue weighted by molar-refractivity contribution is 5.95. The number of ether oxygens (including phenoxy) is 2. The highest BCUT2D eigenvalue weighted by Crippen LogP contribution is 2.22. The monoisotopic (exact) mass is 367 g/mol. The van der Waals surface area contributed by atoms with Crippen LogP contribution in [0.15, 0.2) is 60.9 Å². The maximum absolute atomic E-state index is 12.2. The Morgan fingerprint density at radius 3 is 2.44 bits per heavy atom. The number of carbonyl (C=O) groups is 2. The molecule has 1 aromatic heterocycles. The topological polar surface area (TPSA) is 108 Å². The molecule has 0 radical (unpaired) electrons. The molecule has 0 fully saturated rings. The number of carbonyl (C=O) groups excluding carboxylic acids is 2. The Hall–Kier alpha value is -3.75. The van der Waals surface area contributed by atoms with Crippen LogP contribution in [0.3, 0.4) is 0 Å². The number of benzene rings is 2. The zero-order chi connectivity index (χ0) is 19.1. The number of anilines is 1. The largest absolute Gasteiger partial charge is 0.457 e. The number of para-hydroxylation sites is 1. The van der Waals surface area contributed by atoms with E-state index in [-0.39, 0.29) is 6.54 Å². The normalized spacial score (nSPS) is 11.4. The molecule has 3 aromatic rings. The van der Waals surface area contributed by atoms with Crippen LogP contribution in [0.2, 0.25) is 0 Å². The van der Waals surface area contributed by atoms with Crippen molar-refractivity contribution in [2.45, 2.75) is 19.6 Å². The molecule has 9 heteroatoms. The number of tetrazole rings is 1. The second-order valence-corrected chi connectivity index (χ2v) is 5.57. The van der Waals surface area contributed by atoms with Gasteiger partial charge in [0.05, 0.1) is 0 Å². The Labute approximate surface area is 154 Å². The van der Waals surface area contributed by atoms with Gasteiger partial charge in [-0.05, 0) is 53.7 Å². The Bertz CT molecular complexity index is 882. The summed E-state index contributed by atoms with van der Waals surface area (Å²) < 4.78 is 12.0. The first-order chi connectivity index (χ1) is 13.1. The standard InChI is InChI=1S/C18H17N5O4/c1-13(26-17(24)11-23-12-19-21-22-23)18(25)20-14-7-9-16(10-8-14)27-15-5-3-2-4-6-15/h2-10,12-13H,11H2,1H3,(H,20,25)/t13-/m1/s1. The summed E-state index contributed by atoms with van der Waals surface area (Å²) in [6.07, 6.45) is 0.319. The van der Waals surface area contributed by atoms with Crippen molar-refractivity contribution in [1.29, 1.82) is 0 Å². The Kier molecular flexibility index (Phi) is 5.73. The minimum atomic E-state index is -0.964. The van der Waals surface area contributed by atoms with Crippen LogP contribution < -0.4 is 10.1 Å². The average Bonchev–Trinajstić information content (AvgIpc) is 3.17. The maximum Gasteiger partial charge on any atom is 0.328 e. The first kappa shape index (κ1) is 18.1. The minimum Gasteiger partial charge on any atom is -0.457 e. The van der Waals surface area contributed by atoms with Gasteiger partial charge in [-0.15, -0.1) is 5.10 Å². The number of hydrogen-bond donors (Lipinski definition) is 1. The van der Waals surface area contributed by atoms with E-state index in [1.165, 1.54) is 17.9 Å². The molecular formula is C18H17N5O4. The summed E-state index contributed by atoms with van der Waals surface area (Å²) in [7, 11) is 0. The molecule has 0 aliphatic carbocycles. The second-order valence-electron chi connectivity index (χ2n) is 5.57. The zero-order valence-corrected chi connectivity index (χ0v) is 14.5. The maximum atomic E-state index is 12.2.